The van der Waals surface area contributed by atoms with Crippen LogP contribution in [0.5, 0.6) is 0 Å². The first kappa shape index (κ1) is 49.6. The Morgan fingerprint density at radius 2 is 0.598 bits per heavy atom. The number of fused-ring (bicyclic) bond motifs is 9. The normalized spacial score (nSPS) is 11.6. The molecule has 0 aliphatic carbocycles. The Hall–Kier alpha value is -12.0. The first-order chi connectivity index (χ1) is 43.1. The van der Waals surface area contributed by atoms with Crippen molar-refractivity contribution in [2.45, 2.75) is 0 Å². The number of rotatable bonds is 10. The van der Waals surface area contributed by atoms with Gasteiger partial charge in [0.05, 0.1) is 51.0 Å². The summed E-state index contributed by atoms with van der Waals surface area (Å²) in [5, 5.41) is 6.61. The third kappa shape index (κ3) is 8.38. The maximum atomic E-state index is 6.75. The van der Waals surface area contributed by atoms with E-state index in [0.717, 1.165) is 166 Å². The Bertz CT molecular complexity index is 4890. The average Bonchev–Trinajstić information content (AvgIpc) is 1.72. The van der Waals surface area contributed by atoms with Crippen LogP contribution in [0.15, 0.2) is 296 Å². The lowest BCUT2D eigenvalue weighted by atomic mass is 9.94. The maximum Gasteiger partial charge on any atom is 0.135 e. The zero-order chi connectivity index (χ0) is 57.4. The number of pyridine rings is 3. The molecule has 404 valence electrons. The van der Waals surface area contributed by atoms with Crippen LogP contribution in [0.25, 0.3) is 166 Å². The summed E-state index contributed by atoms with van der Waals surface area (Å²) in [5.74, 6) is 0. The van der Waals surface area contributed by atoms with Crippen LogP contribution in [0.2, 0.25) is 0 Å². The maximum absolute atomic E-state index is 6.75. The molecule has 0 bridgehead atoms. The summed E-state index contributed by atoms with van der Waals surface area (Å²) in [4.78, 5) is 19.1. The van der Waals surface area contributed by atoms with Gasteiger partial charge in [0.2, 0.25) is 0 Å². The highest BCUT2D eigenvalue weighted by Gasteiger charge is 2.22. The van der Waals surface area contributed by atoms with E-state index in [2.05, 4.69) is 246 Å². The van der Waals surface area contributed by atoms with E-state index >= 15 is 0 Å². The third-order valence-electron chi connectivity index (χ3n) is 17.1. The second kappa shape index (κ2) is 20.4. The molecule has 10 aromatic carbocycles. The van der Waals surface area contributed by atoms with Crippen molar-refractivity contribution < 1.29 is 4.42 Å². The highest BCUT2D eigenvalue weighted by molar-refractivity contribution is 6.15. The Labute approximate surface area is 501 Å². The van der Waals surface area contributed by atoms with Gasteiger partial charge in [0.25, 0.3) is 0 Å². The molecule has 7 heterocycles. The predicted octanol–water partition coefficient (Wildman–Crippen LogP) is 20.3. The van der Waals surface area contributed by atoms with Crippen molar-refractivity contribution in [3.63, 3.8) is 0 Å². The van der Waals surface area contributed by atoms with Crippen LogP contribution < -0.4 is 0 Å². The van der Waals surface area contributed by atoms with E-state index in [1.54, 1.807) is 6.20 Å². The topological polar surface area (TPSA) is 74.6 Å². The van der Waals surface area contributed by atoms with E-state index in [1.807, 2.05) is 61.1 Å². The van der Waals surface area contributed by atoms with Crippen LogP contribution in [0.3, 0.4) is 0 Å². The molecular weight excluding hydrogens is 1060 g/mol. The molecule has 17 aromatic rings. The van der Waals surface area contributed by atoms with Gasteiger partial charge in [-0.25, -0.2) is 4.98 Å². The molecule has 0 unspecified atom stereocenters. The molecule has 17 rings (SSSR count). The Balaban J connectivity index is 0.848. The van der Waals surface area contributed by atoms with Crippen molar-refractivity contribution in [2.75, 3.05) is 0 Å². The molecule has 0 atom stereocenters. The van der Waals surface area contributed by atoms with Crippen molar-refractivity contribution in [3.8, 4) is 101 Å². The van der Waals surface area contributed by atoms with Crippen molar-refractivity contribution in [2.24, 2.45) is 0 Å². The summed E-state index contributed by atoms with van der Waals surface area (Å²) >= 11 is 0. The van der Waals surface area contributed by atoms with Gasteiger partial charge < -0.3 is 13.6 Å². The molecule has 0 saturated heterocycles. The Kier molecular flexibility index (Phi) is 11.6. The van der Waals surface area contributed by atoms with Gasteiger partial charge in [0.15, 0.2) is 0 Å². The molecule has 0 saturated carbocycles. The standard InChI is InChI=1S/C80H48N6O/c1-5-21-61(71-25-9-13-41-81-71)57(17-1)51-29-35-75-65(45-51)66-46-52(58-18-2-6-22-62(58)72-26-10-14-42-82-72)30-36-76(66)85(75)55-33-39-79-69(49-55)70-50-56(34-40-80(70)87-79)86-77-37-31-53(59-19-3-7-23-63(59)73-27-11-15-43-83-73)47-67(77)68-48-54(32-38-78(68)86)60-20-4-8-24-64(60)74-28-12-16-44-84-74/h1-11,13-15,17-50H. The summed E-state index contributed by atoms with van der Waals surface area (Å²) in [6.45, 7) is 0. The molecule has 0 fully saturated rings. The lowest BCUT2D eigenvalue weighted by Crippen LogP contribution is -1.95. The fourth-order valence-electron chi connectivity index (χ4n) is 13.1. The number of nitrogens with zero attached hydrogens (tertiary/aromatic N) is 6. The monoisotopic (exact) mass is 1110 g/mol. The van der Waals surface area contributed by atoms with Crippen LogP contribution >= 0.6 is 0 Å². The van der Waals surface area contributed by atoms with Gasteiger partial charge >= 0.3 is 0 Å². The summed E-state index contributed by atoms with van der Waals surface area (Å²) in [6.07, 6.45) is 7.26. The molecule has 0 amide bonds. The first-order valence-electron chi connectivity index (χ1n) is 29.1. The van der Waals surface area contributed by atoms with Gasteiger partial charge in [-0.3, -0.25) is 15.0 Å². The van der Waals surface area contributed by atoms with Crippen molar-refractivity contribution in [1.29, 1.82) is 0 Å². The van der Waals surface area contributed by atoms with Crippen LogP contribution in [-0.4, -0.2) is 29.1 Å². The molecule has 87 heavy (non-hydrogen) atoms. The second-order valence-electron chi connectivity index (χ2n) is 22.0. The summed E-state index contributed by atoms with van der Waals surface area (Å²) in [6, 6.07) is 101. The van der Waals surface area contributed by atoms with E-state index in [-0.39, 0.29) is 0 Å². The molecule has 7 heteroatoms. The zero-order valence-corrected chi connectivity index (χ0v) is 46.8. The van der Waals surface area contributed by atoms with Crippen LogP contribution in [-0.2, 0) is 0 Å². The van der Waals surface area contributed by atoms with Gasteiger partial charge in [-0.1, -0.05) is 146 Å². The molecule has 0 aliphatic rings. The van der Waals surface area contributed by atoms with Crippen molar-refractivity contribution in [3.05, 3.63) is 304 Å². The fourth-order valence-corrected chi connectivity index (χ4v) is 13.1. The minimum Gasteiger partial charge on any atom is -0.456 e. The van der Waals surface area contributed by atoms with E-state index in [9.17, 15) is 0 Å². The predicted molar refractivity (Wildman–Crippen MR) is 355 cm³/mol. The van der Waals surface area contributed by atoms with Gasteiger partial charge in [-0.05, 0) is 172 Å². The lowest BCUT2D eigenvalue weighted by molar-refractivity contribution is 0.669. The first-order valence-corrected chi connectivity index (χ1v) is 29.1. The van der Waals surface area contributed by atoms with E-state index in [4.69, 9.17) is 24.4 Å². The Morgan fingerprint density at radius 1 is 0.264 bits per heavy atom. The minimum absolute atomic E-state index is 0.818. The zero-order valence-electron chi connectivity index (χ0n) is 46.8. The number of benzene rings is 10. The minimum atomic E-state index is 0.818. The summed E-state index contributed by atoms with van der Waals surface area (Å²) in [7, 11) is 0. The van der Waals surface area contributed by atoms with E-state index < -0.39 is 0 Å². The summed E-state index contributed by atoms with van der Waals surface area (Å²) in [5.41, 5.74) is 24.9. The lowest BCUT2D eigenvalue weighted by Gasteiger charge is -2.12. The van der Waals surface area contributed by atoms with E-state index in [0.29, 0.717) is 0 Å². The number of furan rings is 1. The second-order valence-corrected chi connectivity index (χ2v) is 22.0. The van der Waals surface area contributed by atoms with Crippen LogP contribution in [0.1, 0.15) is 0 Å². The molecular formula is C80H48N6O. The molecule has 0 aliphatic heterocycles. The van der Waals surface area contributed by atoms with Crippen molar-refractivity contribution in [1.82, 2.24) is 29.1 Å². The molecule has 7 aromatic heterocycles. The Morgan fingerprint density at radius 3 is 0.920 bits per heavy atom. The third-order valence-corrected chi connectivity index (χ3v) is 17.1. The molecule has 0 spiro atoms. The largest absolute Gasteiger partial charge is 0.456 e. The fraction of sp³-hybridized carbons (Fsp3) is 0. The molecule has 7 nitrogen and oxygen atoms in total. The van der Waals surface area contributed by atoms with Gasteiger partial charge in [-0.15, -0.1) is 0 Å². The highest BCUT2D eigenvalue weighted by atomic mass is 16.3. The molecule has 0 radical (unpaired) electrons. The quantitative estimate of drug-likeness (QED) is 0.136. The number of hydrogen-bond acceptors (Lipinski definition) is 5. The number of aromatic nitrogens is 6. The SMILES string of the molecule is c1cnc(-c2ccccc2-c2ccc3c(c2)c2cc(-c4ccccc4-c4ccccn4)ccc2n3-c2ccc3oc4ccc(-n5c6ccc(-c7ccccc7-c7ccccn7)cc6c6cc(-c7ccccc7-c7ccccn7)ccc65)cc4c3c2)cc#1. The average molecular weight is 1110 g/mol. The van der Waals surface area contributed by atoms with E-state index in [1.165, 1.54) is 0 Å². The van der Waals surface area contributed by atoms with Gasteiger partial charge in [0.1, 0.15) is 11.2 Å². The highest BCUT2D eigenvalue weighted by Crippen LogP contribution is 2.45. The van der Waals surface area contributed by atoms with Gasteiger partial charge in [0, 0.05) is 90.6 Å². The number of hydrogen-bond donors (Lipinski definition) is 0. The van der Waals surface area contributed by atoms with Crippen LogP contribution in [0.4, 0.5) is 0 Å². The van der Waals surface area contributed by atoms with Crippen molar-refractivity contribution >= 4 is 65.6 Å². The summed E-state index contributed by atoms with van der Waals surface area (Å²) < 4.78 is 11.6. The van der Waals surface area contributed by atoms with Crippen LogP contribution in [0, 0.1) is 12.1 Å². The molecule has 0 N–H and O–H groups in total. The van der Waals surface area contributed by atoms with Gasteiger partial charge in [-0.2, -0.15) is 0 Å². The smallest absolute Gasteiger partial charge is 0.135 e.